The lowest BCUT2D eigenvalue weighted by atomic mass is 10.1. The molecule has 4 aromatic rings. The third kappa shape index (κ3) is 3.65. The molecule has 7 nitrogen and oxygen atoms in total. The van der Waals surface area contributed by atoms with Crippen molar-refractivity contribution in [1.29, 1.82) is 0 Å². The van der Waals surface area contributed by atoms with Crippen molar-refractivity contribution < 1.29 is 14.3 Å². The largest absolute Gasteiger partial charge is 0.444 e. The van der Waals surface area contributed by atoms with Gasteiger partial charge in [0.2, 0.25) is 6.10 Å². The van der Waals surface area contributed by atoms with E-state index in [2.05, 4.69) is 5.10 Å². The van der Waals surface area contributed by atoms with Gasteiger partial charge in [0.05, 0.1) is 22.8 Å². The van der Waals surface area contributed by atoms with Crippen molar-refractivity contribution in [1.82, 2.24) is 14.8 Å². The van der Waals surface area contributed by atoms with Crippen LogP contribution < -0.4 is 5.73 Å². The predicted molar refractivity (Wildman–Crippen MR) is 112 cm³/mol. The van der Waals surface area contributed by atoms with Crippen LogP contribution in [0.2, 0.25) is 0 Å². The van der Waals surface area contributed by atoms with E-state index in [1.54, 1.807) is 47.3 Å². The number of carbonyl (C=O) groups excluding carboxylic acids is 2. The summed E-state index contributed by atoms with van der Waals surface area (Å²) >= 11 is 0. The second-order valence-corrected chi connectivity index (χ2v) is 6.72. The summed E-state index contributed by atoms with van der Waals surface area (Å²) < 4.78 is 7.26. The first kappa shape index (κ1) is 19.3. The second-order valence-electron chi connectivity index (χ2n) is 6.72. The van der Waals surface area contributed by atoms with Crippen LogP contribution in [-0.4, -0.2) is 26.6 Å². The highest BCUT2D eigenvalue weighted by atomic mass is 16.5. The van der Waals surface area contributed by atoms with Gasteiger partial charge in [-0.15, -0.1) is 0 Å². The number of nitrogens with two attached hydrogens (primary N) is 1. The van der Waals surface area contributed by atoms with E-state index in [1.165, 1.54) is 0 Å². The van der Waals surface area contributed by atoms with E-state index in [4.69, 9.17) is 15.5 Å². The van der Waals surface area contributed by atoms with Gasteiger partial charge in [-0.25, -0.2) is 14.5 Å². The number of hydrogen-bond donors (Lipinski definition) is 1. The zero-order valence-corrected chi connectivity index (χ0v) is 16.4. The average Bonchev–Trinajstić information content (AvgIpc) is 3.20. The highest BCUT2D eigenvalue weighted by Gasteiger charge is 2.26. The molecule has 1 unspecified atom stereocenters. The molecule has 2 aromatic carbocycles. The van der Waals surface area contributed by atoms with Crippen LogP contribution in [0.4, 0.5) is 0 Å². The fraction of sp³-hybridized carbons (Fsp3) is 0.130. The van der Waals surface area contributed by atoms with Gasteiger partial charge in [0.25, 0.3) is 5.91 Å². The number of amides is 1. The first-order chi connectivity index (χ1) is 14.6. The highest BCUT2D eigenvalue weighted by molar-refractivity contribution is 6.04. The summed E-state index contributed by atoms with van der Waals surface area (Å²) in [6.45, 7) is 2.54. The van der Waals surface area contributed by atoms with Crippen molar-refractivity contribution in [3.63, 3.8) is 0 Å². The minimum atomic E-state index is -1.19. The molecule has 0 aliphatic heterocycles. The van der Waals surface area contributed by atoms with Crippen molar-refractivity contribution in [2.75, 3.05) is 0 Å². The molecule has 0 aliphatic rings. The van der Waals surface area contributed by atoms with E-state index < -0.39 is 18.0 Å². The number of hydrogen-bond acceptors (Lipinski definition) is 5. The average molecular weight is 400 g/mol. The second kappa shape index (κ2) is 8.16. The van der Waals surface area contributed by atoms with Crippen molar-refractivity contribution in [2.24, 2.45) is 5.73 Å². The topological polar surface area (TPSA) is 100 Å². The van der Waals surface area contributed by atoms with Crippen molar-refractivity contribution >= 4 is 22.9 Å². The van der Waals surface area contributed by atoms with Crippen molar-refractivity contribution in [2.45, 2.75) is 19.6 Å². The molecular weight excluding hydrogens is 380 g/mol. The normalized spacial score (nSPS) is 11.9. The van der Waals surface area contributed by atoms with Crippen LogP contribution >= 0.6 is 0 Å². The number of aryl methyl sites for hydroxylation is 1. The zero-order valence-electron chi connectivity index (χ0n) is 16.4. The smallest absolute Gasteiger partial charge is 0.340 e. The fourth-order valence-electron chi connectivity index (χ4n) is 3.29. The lowest BCUT2D eigenvalue weighted by molar-refractivity contribution is -0.127. The molecule has 2 N–H and O–H groups in total. The quantitative estimate of drug-likeness (QED) is 0.499. The third-order valence-corrected chi connectivity index (χ3v) is 4.78. The number of aromatic nitrogens is 3. The number of esters is 1. The molecule has 0 radical (unpaired) electrons. The Morgan fingerprint density at radius 3 is 2.37 bits per heavy atom. The van der Waals surface area contributed by atoms with E-state index in [0.29, 0.717) is 28.8 Å². The Labute approximate surface area is 173 Å². The molecule has 150 valence electrons. The molecule has 0 spiro atoms. The van der Waals surface area contributed by atoms with E-state index >= 15 is 0 Å². The molecule has 2 aromatic heterocycles. The summed E-state index contributed by atoms with van der Waals surface area (Å²) in [7, 11) is 0. The predicted octanol–water partition coefficient (Wildman–Crippen LogP) is 3.50. The van der Waals surface area contributed by atoms with Crippen LogP contribution in [0.5, 0.6) is 0 Å². The van der Waals surface area contributed by atoms with Crippen LogP contribution in [0.15, 0.2) is 72.9 Å². The zero-order chi connectivity index (χ0) is 21.1. The van der Waals surface area contributed by atoms with Gasteiger partial charge in [-0.1, -0.05) is 60.7 Å². The van der Waals surface area contributed by atoms with E-state index in [0.717, 1.165) is 5.56 Å². The third-order valence-electron chi connectivity index (χ3n) is 4.78. The first-order valence-electron chi connectivity index (χ1n) is 9.55. The number of carbonyl (C=O) groups is 2. The number of pyridine rings is 1. The Hall–Kier alpha value is -4.00. The number of rotatable bonds is 6. The summed E-state index contributed by atoms with van der Waals surface area (Å²) in [5.74, 6) is -1.41. The molecule has 0 bridgehead atoms. The van der Waals surface area contributed by atoms with Gasteiger partial charge in [0.15, 0.2) is 5.65 Å². The molecule has 4 rings (SSSR count). The Morgan fingerprint density at radius 2 is 1.73 bits per heavy atom. The minimum Gasteiger partial charge on any atom is -0.444 e. The van der Waals surface area contributed by atoms with E-state index in [9.17, 15) is 9.59 Å². The molecule has 30 heavy (non-hydrogen) atoms. The molecule has 0 saturated carbocycles. The molecule has 0 saturated heterocycles. The molecular formula is C23H20N4O3. The lowest BCUT2D eigenvalue weighted by Crippen LogP contribution is -2.26. The van der Waals surface area contributed by atoms with Crippen molar-refractivity contribution in [3.05, 3.63) is 84.1 Å². The molecule has 2 heterocycles. The highest BCUT2D eigenvalue weighted by Crippen LogP contribution is 2.27. The summed E-state index contributed by atoms with van der Waals surface area (Å²) in [6, 6.07) is 19.9. The van der Waals surface area contributed by atoms with E-state index in [1.807, 2.05) is 37.3 Å². The molecule has 1 amide bonds. The van der Waals surface area contributed by atoms with Gasteiger partial charge in [0.1, 0.15) is 0 Å². The summed E-state index contributed by atoms with van der Waals surface area (Å²) in [4.78, 5) is 29.8. The number of fused-ring (bicyclic) bond motifs is 1. The van der Waals surface area contributed by atoms with E-state index in [-0.39, 0.29) is 5.56 Å². The van der Waals surface area contributed by atoms with Crippen LogP contribution in [0, 0.1) is 0 Å². The molecule has 7 heteroatoms. The lowest BCUT2D eigenvalue weighted by Gasteiger charge is -2.16. The minimum absolute atomic E-state index is 0.278. The SMILES string of the molecule is CCn1ncc2c(C(=O)OC(C(N)=O)c3ccccc3)cc(-c3ccccc3)nc21. The summed E-state index contributed by atoms with van der Waals surface area (Å²) in [5, 5.41) is 4.87. The maximum Gasteiger partial charge on any atom is 0.340 e. The Kier molecular flexibility index (Phi) is 5.26. The fourth-order valence-corrected chi connectivity index (χ4v) is 3.29. The van der Waals surface area contributed by atoms with Crippen LogP contribution in [0.3, 0.4) is 0 Å². The summed E-state index contributed by atoms with van der Waals surface area (Å²) in [5.41, 5.74) is 8.33. The molecule has 0 fully saturated rings. The maximum absolute atomic E-state index is 13.1. The Bertz CT molecular complexity index is 1200. The number of primary amides is 1. The van der Waals surface area contributed by atoms with Crippen LogP contribution in [0.1, 0.15) is 28.9 Å². The van der Waals surface area contributed by atoms with Gasteiger partial charge in [-0.2, -0.15) is 5.10 Å². The van der Waals surface area contributed by atoms with Gasteiger partial charge < -0.3 is 10.5 Å². The summed E-state index contributed by atoms with van der Waals surface area (Å²) in [6.07, 6.45) is 0.391. The Morgan fingerprint density at radius 1 is 1.07 bits per heavy atom. The van der Waals surface area contributed by atoms with Gasteiger partial charge in [-0.3, -0.25) is 4.79 Å². The van der Waals surface area contributed by atoms with Gasteiger partial charge in [-0.05, 0) is 13.0 Å². The van der Waals surface area contributed by atoms with Crippen LogP contribution in [0.25, 0.3) is 22.3 Å². The maximum atomic E-state index is 13.1. The van der Waals surface area contributed by atoms with Crippen LogP contribution in [-0.2, 0) is 16.1 Å². The first-order valence-corrected chi connectivity index (χ1v) is 9.55. The van der Waals surface area contributed by atoms with Gasteiger partial charge >= 0.3 is 5.97 Å². The number of benzene rings is 2. The molecule has 1 atom stereocenters. The number of nitrogens with zero attached hydrogens (tertiary/aromatic N) is 3. The van der Waals surface area contributed by atoms with Crippen molar-refractivity contribution in [3.8, 4) is 11.3 Å². The standard InChI is InChI=1S/C23H20N4O3/c1-2-27-22-18(14-25-27)17(13-19(26-22)15-9-5-3-6-10-15)23(29)30-20(21(24)28)16-11-7-4-8-12-16/h3-14,20H,2H2,1H3,(H2,24,28). The Balaban J connectivity index is 1.80. The monoisotopic (exact) mass is 400 g/mol. The molecule has 0 aliphatic carbocycles. The van der Waals surface area contributed by atoms with Gasteiger partial charge in [0, 0.05) is 17.7 Å². The number of ether oxygens (including phenoxy) is 1.